The van der Waals surface area contributed by atoms with Crippen LogP contribution in [-0.4, -0.2) is 105 Å². The third-order valence-electron chi connectivity index (χ3n) is 22.1. The van der Waals surface area contributed by atoms with E-state index in [0.717, 1.165) is 205 Å². The number of carboxylic acids is 4. The number of para-hydroxylation sites is 4. The molecule has 8 heterocycles. The van der Waals surface area contributed by atoms with Gasteiger partial charge in [0.15, 0.2) is 0 Å². The maximum absolute atomic E-state index is 10.6. The second-order valence-electron chi connectivity index (χ2n) is 32.1. The molecule has 680 valence electrons. The second kappa shape index (κ2) is 48.8. The van der Waals surface area contributed by atoms with Gasteiger partial charge in [-0.2, -0.15) is 0 Å². The number of unbranched alkanes of at least 4 members (excludes halogenated alkanes) is 8. The summed E-state index contributed by atoms with van der Waals surface area (Å²) >= 11 is 0. The lowest BCUT2D eigenvalue weighted by Gasteiger charge is -2.15. The van der Waals surface area contributed by atoms with Crippen molar-refractivity contribution in [2.75, 3.05) is 26.4 Å². The van der Waals surface area contributed by atoms with Gasteiger partial charge < -0.3 is 75.3 Å². The third-order valence-corrected chi connectivity index (χ3v) is 22.1. The van der Waals surface area contributed by atoms with Crippen molar-refractivity contribution in [1.29, 1.82) is 0 Å². The first kappa shape index (κ1) is 94.4. The van der Waals surface area contributed by atoms with Crippen molar-refractivity contribution in [2.45, 2.75) is 156 Å². The number of ether oxygens (including phenoxy) is 4. The number of aliphatic carboxylic acids is 4. The van der Waals surface area contributed by atoms with Gasteiger partial charge >= 0.3 is 23.9 Å². The average Bonchev–Trinajstić information content (AvgIpc) is 1.67. The summed E-state index contributed by atoms with van der Waals surface area (Å²) in [6, 6.07) is 80.3. The van der Waals surface area contributed by atoms with Crippen LogP contribution in [0.2, 0.25) is 0 Å². The lowest BCUT2D eigenvalue weighted by molar-refractivity contribution is -0.138. The van der Waals surface area contributed by atoms with E-state index >= 15 is 0 Å². The molecule has 0 aliphatic carbocycles. The summed E-state index contributed by atoms with van der Waals surface area (Å²) in [5.74, 6) is 7.03. The Hall–Kier alpha value is -15.2. The molecule has 24 heteroatoms. The Balaban J connectivity index is 0.000000150. The molecule has 0 atom stereocenters. The lowest BCUT2D eigenvalue weighted by Crippen LogP contribution is -2.07. The van der Waals surface area contributed by atoms with Crippen molar-refractivity contribution in [3.8, 4) is 114 Å². The summed E-state index contributed by atoms with van der Waals surface area (Å²) in [5.41, 5.74) is 17.5. The molecule has 0 amide bonds. The summed E-state index contributed by atoms with van der Waals surface area (Å²) in [4.78, 5) is 56.7. The van der Waals surface area contributed by atoms with E-state index in [9.17, 15) is 19.2 Å². The van der Waals surface area contributed by atoms with Gasteiger partial charge in [0, 0.05) is 120 Å². The molecule has 16 rings (SSSR count). The van der Waals surface area contributed by atoms with E-state index in [0.29, 0.717) is 78.2 Å². The third kappa shape index (κ3) is 27.7. The van der Waals surface area contributed by atoms with Gasteiger partial charge in [0.1, 0.15) is 69.3 Å². The minimum absolute atomic E-state index is 0.202. The molecule has 24 nitrogen and oxygen atoms in total. The molecule has 0 radical (unpaired) electrons. The number of carbonyl (C=O) groups is 4. The zero-order valence-corrected chi connectivity index (χ0v) is 74.8. The zero-order chi connectivity index (χ0) is 92.2. The molecule has 0 spiro atoms. The minimum Gasteiger partial charge on any atom is -0.493 e. The minimum atomic E-state index is -0.754. The second-order valence-corrected chi connectivity index (χ2v) is 32.1. The topological polar surface area (TPSA) is 318 Å². The van der Waals surface area contributed by atoms with Crippen LogP contribution in [0.15, 0.2) is 308 Å². The molecule has 0 aliphatic heterocycles. The summed E-state index contributed by atoms with van der Waals surface area (Å²) in [6.07, 6.45) is 23.2. The summed E-state index contributed by atoms with van der Waals surface area (Å²) < 4.78 is 58.2. The standard InChI is InChI=1S/3C27H28N2O4.C27H27NO5/c1-20-18-28-27(22-14-12-21(13-15-22)24-10-7-17-33-24)29(20)19-23-8-4-5-9-25(23)32-16-6-2-3-11-26(30)31;1-20-18-29(19-21-12-14-22(15-13-21)24-10-7-17-32-24)27(28-20)23-8-4-5-9-25(23)33-16-6-2-3-11-26(30)31;1-20-18-28-27(23-8-4-5-9-25(23)33-16-6-2-3-11-26(30)31)29(20)19-21-12-14-22(15-13-21)24-10-7-17-32-24;1-19-27(21-14-12-20(13-15-21)24-10-7-17-32-24)23(28-33-19)18-22-8-4-5-9-25(22)31-16-6-2-3-11-26(29)30/h3*4-5,7-10,12-15,17-18H,2-3,6,11,16,19H2,1H3,(H,30,31);4-5,7-10,12-15,17H,2-3,6,11,16,18H2,1H3,(H,29,30). The first-order valence-corrected chi connectivity index (χ1v) is 44.8. The highest BCUT2D eigenvalue weighted by atomic mass is 16.5. The smallest absolute Gasteiger partial charge is 0.303 e. The van der Waals surface area contributed by atoms with Crippen LogP contribution in [0.1, 0.15) is 154 Å². The Morgan fingerprint density at radius 3 is 1.13 bits per heavy atom. The van der Waals surface area contributed by atoms with E-state index in [1.165, 1.54) is 11.1 Å². The van der Waals surface area contributed by atoms with E-state index in [1.807, 2.05) is 190 Å². The van der Waals surface area contributed by atoms with Gasteiger partial charge in [-0.25, -0.2) is 15.0 Å². The van der Waals surface area contributed by atoms with Crippen LogP contribution in [-0.2, 0) is 45.2 Å². The fraction of sp³-hybridized carbons (Fsp3) is 0.259. The van der Waals surface area contributed by atoms with Crippen molar-refractivity contribution in [3.63, 3.8) is 0 Å². The van der Waals surface area contributed by atoms with Gasteiger partial charge in [0.2, 0.25) is 0 Å². The molecule has 0 saturated carbocycles. The molecule has 0 saturated heterocycles. The predicted molar refractivity (Wildman–Crippen MR) is 507 cm³/mol. The highest BCUT2D eigenvalue weighted by molar-refractivity contribution is 5.74. The van der Waals surface area contributed by atoms with Crippen LogP contribution in [0, 0.1) is 27.7 Å². The van der Waals surface area contributed by atoms with E-state index in [-0.39, 0.29) is 25.7 Å². The molecular formula is C108H111N7O17. The molecule has 0 aliphatic rings. The number of hydrogen-bond donors (Lipinski definition) is 4. The van der Waals surface area contributed by atoms with Crippen LogP contribution in [0.3, 0.4) is 0 Å². The first-order chi connectivity index (χ1) is 64.4. The molecular weight excluding hydrogens is 1670 g/mol. The number of aryl methyl sites for hydroxylation is 4. The summed E-state index contributed by atoms with van der Waals surface area (Å²) in [5, 5.41) is 39.3. The number of furan rings is 4. The van der Waals surface area contributed by atoms with Crippen LogP contribution in [0.5, 0.6) is 23.0 Å². The van der Waals surface area contributed by atoms with Crippen LogP contribution >= 0.6 is 0 Å². The van der Waals surface area contributed by atoms with Crippen molar-refractivity contribution in [3.05, 3.63) is 337 Å². The summed E-state index contributed by atoms with van der Waals surface area (Å²) in [7, 11) is 0. The van der Waals surface area contributed by atoms with E-state index < -0.39 is 23.9 Å². The predicted octanol–water partition coefficient (Wildman–Crippen LogP) is 25.1. The van der Waals surface area contributed by atoms with Crippen LogP contribution in [0.4, 0.5) is 0 Å². The number of nitrogens with zero attached hydrogens (tertiary/aromatic N) is 7. The summed E-state index contributed by atoms with van der Waals surface area (Å²) in [6.45, 7) is 12.3. The number of imidazole rings is 3. The Morgan fingerprint density at radius 2 is 0.697 bits per heavy atom. The Bertz CT molecular complexity index is 6160. The highest BCUT2D eigenvalue weighted by Gasteiger charge is 2.22. The lowest BCUT2D eigenvalue weighted by atomic mass is 9.98. The Morgan fingerprint density at radius 1 is 0.341 bits per heavy atom. The number of hydrogen-bond acceptors (Lipinski definition) is 17. The number of carboxylic acid groups (broad SMARTS) is 4. The molecule has 16 aromatic rings. The Kier molecular flexibility index (Phi) is 34.9. The van der Waals surface area contributed by atoms with Crippen molar-refractivity contribution < 1.29 is 80.7 Å². The van der Waals surface area contributed by atoms with E-state index in [2.05, 4.69) is 128 Å². The average molecular weight is 1780 g/mol. The van der Waals surface area contributed by atoms with Gasteiger partial charge in [-0.3, -0.25) is 19.2 Å². The largest absolute Gasteiger partial charge is 0.493 e. The normalized spacial score (nSPS) is 10.9. The van der Waals surface area contributed by atoms with Gasteiger partial charge in [-0.15, -0.1) is 0 Å². The van der Waals surface area contributed by atoms with Crippen LogP contribution in [0.25, 0.3) is 90.6 Å². The highest BCUT2D eigenvalue weighted by Crippen LogP contribution is 2.37. The molecule has 132 heavy (non-hydrogen) atoms. The maximum atomic E-state index is 10.6. The van der Waals surface area contributed by atoms with Crippen LogP contribution < -0.4 is 18.9 Å². The number of benzene rings is 8. The molecule has 8 aromatic carbocycles. The maximum Gasteiger partial charge on any atom is 0.303 e. The first-order valence-electron chi connectivity index (χ1n) is 44.8. The van der Waals surface area contributed by atoms with Crippen molar-refractivity contribution in [1.82, 2.24) is 33.8 Å². The number of aromatic nitrogens is 7. The zero-order valence-electron chi connectivity index (χ0n) is 74.8. The van der Waals surface area contributed by atoms with Gasteiger partial charge in [0.05, 0.1) is 80.5 Å². The molecule has 0 bridgehead atoms. The Labute approximate surface area is 767 Å². The van der Waals surface area contributed by atoms with Crippen molar-refractivity contribution >= 4 is 23.9 Å². The SMILES string of the molecule is Cc1cn(Cc2ccc(-c3ccco3)cc2)c(-c2ccccc2OCCCCCC(=O)O)n1.Cc1cnc(-c2ccc(-c3ccco3)cc2)n1Cc1ccccc1OCCCCCC(=O)O.Cc1cnc(-c2ccccc2OCCCCCC(=O)O)n1Cc1ccc(-c2ccco2)cc1.Cc1onc(Cc2ccccc2OCCCCCC(=O)O)c1-c1ccc(-c2ccco2)cc1. The van der Waals surface area contributed by atoms with Crippen molar-refractivity contribution in [2.24, 2.45) is 0 Å². The van der Waals surface area contributed by atoms with Gasteiger partial charge in [-0.1, -0.05) is 163 Å². The van der Waals surface area contributed by atoms with Gasteiger partial charge in [0.25, 0.3) is 0 Å². The fourth-order valence-corrected chi connectivity index (χ4v) is 15.3. The van der Waals surface area contributed by atoms with Gasteiger partial charge in [-0.05, 0) is 206 Å². The quantitative estimate of drug-likeness (QED) is 0.0258. The molecule has 0 unspecified atom stereocenters. The monoisotopic (exact) mass is 1780 g/mol. The molecule has 0 fully saturated rings. The number of rotatable bonds is 44. The fourth-order valence-electron chi connectivity index (χ4n) is 15.3. The molecule has 4 N–H and O–H groups in total. The molecule has 8 aromatic heterocycles. The van der Waals surface area contributed by atoms with E-state index in [1.54, 1.807) is 25.1 Å². The van der Waals surface area contributed by atoms with E-state index in [4.69, 9.17) is 66.5 Å².